The molecule has 0 aromatic carbocycles. The minimum absolute atomic E-state index is 0.108. The Morgan fingerprint density at radius 1 is 0.286 bits per heavy atom. The molecule has 77 heavy (non-hydrogen) atoms. The van der Waals surface area contributed by atoms with E-state index in [4.69, 9.17) is 14.2 Å². The Kier molecular flexibility index (Phi) is 59.0. The molecule has 0 saturated carbocycles. The van der Waals surface area contributed by atoms with E-state index in [1.54, 1.807) is 6.08 Å². The molecule has 0 aliphatic heterocycles. The van der Waals surface area contributed by atoms with E-state index in [0.29, 0.717) is 6.42 Å². The Bertz CT molecular complexity index is 1790. The maximum atomic E-state index is 12.9. The molecule has 0 aliphatic carbocycles. The number of unbranched alkanes of at least 4 members (excludes halogenated alkanes) is 15. The van der Waals surface area contributed by atoms with E-state index >= 15 is 0 Å². The average molecular weight is 1060 g/mol. The molecule has 0 amide bonds. The molecular formula is C71H110O6. The summed E-state index contributed by atoms with van der Waals surface area (Å²) >= 11 is 0. The molecule has 6 heteroatoms. The lowest BCUT2D eigenvalue weighted by Crippen LogP contribution is -2.30. The average Bonchev–Trinajstić information content (AvgIpc) is 3.43. The maximum Gasteiger partial charge on any atom is 0.309 e. The molecule has 0 rings (SSSR count). The zero-order valence-corrected chi connectivity index (χ0v) is 49.1. The topological polar surface area (TPSA) is 78.9 Å². The Labute approximate surface area is 472 Å². The van der Waals surface area contributed by atoms with Crippen LogP contribution in [0.15, 0.2) is 170 Å². The Hall–Kier alpha value is -5.23. The third-order valence-corrected chi connectivity index (χ3v) is 12.2. The van der Waals surface area contributed by atoms with Gasteiger partial charge in [0.2, 0.25) is 0 Å². The summed E-state index contributed by atoms with van der Waals surface area (Å²) in [4.78, 5) is 38.2. The highest BCUT2D eigenvalue weighted by molar-refractivity contribution is 5.72. The van der Waals surface area contributed by atoms with Gasteiger partial charge in [-0.3, -0.25) is 14.4 Å². The van der Waals surface area contributed by atoms with Crippen molar-refractivity contribution < 1.29 is 28.6 Å². The molecule has 0 saturated heterocycles. The van der Waals surface area contributed by atoms with Crippen molar-refractivity contribution in [3.8, 4) is 0 Å². The second-order valence-electron chi connectivity index (χ2n) is 19.5. The van der Waals surface area contributed by atoms with Crippen LogP contribution in [0.3, 0.4) is 0 Å². The van der Waals surface area contributed by atoms with Crippen molar-refractivity contribution in [2.75, 3.05) is 13.2 Å². The number of hydrogen-bond donors (Lipinski definition) is 0. The molecule has 0 bridgehead atoms. The molecule has 0 N–H and O–H groups in total. The van der Waals surface area contributed by atoms with Gasteiger partial charge in [-0.05, 0) is 128 Å². The lowest BCUT2D eigenvalue weighted by Gasteiger charge is -2.18. The quantitative estimate of drug-likeness (QED) is 0.0261. The standard InChI is InChI=1S/C71H110O6/c1-4-7-10-13-16-19-22-25-28-30-32-34-35-37-38-40-43-46-49-52-55-58-61-64-70(73)76-67-68(66-75-69(72)63-60-57-54-51-48-45-42-27-24-21-18-15-12-9-6-3)77-71(74)65-62-59-56-53-50-47-44-41-39-36-33-31-29-26-23-20-17-14-11-8-5-2/h7,9-10,12,16,18-19,21,23,25-28,31-34,37-38,42-43,46,48,51-52,55,57,60,68H,4-6,8,11,13-15,17,20,22,24,29-30,35-36,39-41,44-45,47,49-50,53-54,56,58-59,61-67H2,1-3H3/b10-7-,12-9-,19-16-,21-18-,26-23-,28-25-,33-31-,34-32-,38-37-,42-27-,46-43-,51-48-,55-52-,60-57-. The maximum absolute atomic E-state index is 12.9. The van der Waals surface area contributed by atoms with Crippen molar-refractivity contribution >= 4 is 17.9 Å². The van der Waals surface area contributed by atoms with E-state index in [1.165, 1.54) is 83.5 Å². The summed E-state index contributed by atoms with van der Waals surface area (Å²) in [7, 11) is 0. The first kappa shape index (κ1) is 71.8. The molecular weight excluding hydrogens is 949 g/mol. The van der Waals surface area contributed by atoms with Crippen molar-refractivity contribution in [1.82, 2.24) is 0 Å². The Morgan fingerprint density at radius 3 is 0.948 bits per heavy atom. The van der Waals surface area contributed by atoms with Crippen LogP contribution in [-0.2, 0) is 28.6 Å². The van der Waals surface area contributed by atoms with Gasteiger partial charge in [0, 0.05) is 12.8 Å². The van der Waals surface area contributed by atoms with Crippen molar-refractivity contribution in [3.63, 3.8) is 0 Å². The van der Waals surface area contributed by atoms with Gasteiger partial charge in [-0.1, -0.05) is 262 Å². The van der Waals surface area contributed by atoms with Crippen LogP contribution in [-0.4, -0.2) is 37.2 Å². The van der Waals surface area contributed by atoms with Gasteiger partial charge in [0.05, 0.1) is 6.42 Å². The van der Waals surface area contributed by atoms with Crippen LogP contribution in [0.5, 0.6) is 0 Å². The second-order valence-corrected chi connectivity index (χ2v) is 19.5. The van der Waals surface area contributed by atoms with Gasteiger partial charge < -0.3 is 14.2 Å². The minimum Gasteiger partial charge on any atom is -0.462 e. The summed E-state index contributed by atoms with van der Waals surface area (Å²) in [5.74, 6) is -1.14. The van der Waals surface area contributed by atoms with Crippen LogP contribution in [0.4, 0.5) is 0 Å². The molecule has 0 aromatic rings. The molecule has 1 atom stereocenters. The Balaban J connectivity index is 4.59. The van der Waals surface area contributed by atoms with Gasteiger partial charge >= 0.3 is 17.9 Å². The highest BCUT2D eigenvalue weighted by Crippen LogP contribution is 2.14. The molecule has 0 spiro atoms. The fourth-order valence-electron chi connectivity index (χ4n) is 7.71. The van der Waals surface area contributed by atoms with E-state index in [1.807, 2.05) is 6.08 Å². The van der Waals surface area contributed by atoms with Gasteiger partial charge in [0.1, 0.15) is 13.2 Å². The third-order valence-electron chi connectivity index (χ3n) is 12.2. The molecule has 6 nitrogen and oxygen atoms in total. The number of carbonyl (C=O) groups excluding carboxylic acids is 3. The molecule has 1 unspecified atom stereocenters. The van der Waals surface area contributed by atoms with E-state index in [9.17, 15) is 14.4 Å². The van der Waals surface area contributed by atoms with Crippen LogP contribution in [0.1, 0.15) is 239 Å². The number of hydrogen-bond acceptors (Lipinski definition) is 6. The Morgan fingerprint density at radius 2 is 0.571 bits per heavy atom. The highest BCUT2D eigenvalue weighted by Gasteiger charge is 2.19. The molecule has 430 valence electrons. The van der Waals surface area contributed by atoms with Gasteiger partial charge in [-0.25, -0.2) is 0 Å². The zero-order valence-electron chi connectivity index (χ0n) is 49.1. The molecule has 0 radical (unpaired) electrons. The van der Waals surface area contributed by atoms with Crippen molar-refractivity contribution in [2.45, 2.75) is 245 Å². The summed E-state index contributed by atoms with van der Waals surface area (Å²) in [6.07, 6.45) is 93.8. The lowest BCUT2D eigenvalue weighted by atomic mass is 10.1. The normalized spacial score (nSPS) is 13.3. The van der Waals surface area contributed by atoms with Gasteiger partial charge in [-0.2, -0.15) is 0 Å². The van der Waals surface area contributed by atoms with Crippen LogP contribution in [0.25, 0.3) is 0 Å². The SMILES string of the molecule is CC/C=C\C/C=C\C/C=C\C/C=C\C/C=C\C/C=C\C/C=C\CCCC(=O)OCC(COC(=O)C/C=C\C/C=C\C/C=C\C/C=C\C/C=C\CC)OC(=O)CCCCCCCCCCC/C=C\C/C=C\CCCCCCC. The zero-order chi connectivity index (χ0) is 55.7. The van der Waals surface area contributed by atoms with Gasteiger partial charge in [-0.15, -0.1) is 0 Å². The van der Waals surface area contributed by atoms with E-state index in [-0.39, 0.29) is 44.4 Å². The van der Waals surface area contributed by atoms with Crippen molar-refractivity contribution in [3.05, 3.63) is 170 Å². The lowest BCUT2D eigenvalue weighted by molar-refractivity contribution is -0.166. The molecule has 0 heterocycles. The van der Waals surface area contributed by atoms with Gasteiger partial charge in [0.15, 0.2) is 6.10 Å². The molecule has 0 fully saturated rings. The predicted octanol–water partition coefficient (Wildman–Crippen LogP) is 21.1. The summed E-state index contributed by atoms with van der Waals surface area (Å²) in [5.41, 5.74) is 0. The summed E-state index contributed by atoms with van der Waals surface area (Å²) in [6.45, 7) is 6.25. The summed E-state index contributed by atoms with van der Waals surface area (Å²) in [5, 5.41) is 0. The number of esters is 3. The van der Waals surface area contributed by atoms with Crippen molar-refractivity contribution in [2.24, 2.45) is 0 Å². The fourth-order valence-corrected chi connectivity index (χ4v) is 7.71. The smallest absolute Gasteiger partial charge is 0.309 e. The summed E-state index contributed by atoms with van der Waals surface area (Å²) < 4.78 is 16.7. The third kappa shape index (κ3) is 61.5. The molecule has 0 aromatic heterocycles. The number of rotatable bonds is 53. The number of carbonyl (C=O) groups is 3. The first-order valence-electron chi connectivity index (χ1n) is 30.6. The monoisotopic (exact) mass is 1060 g/mol. The van der Waals surface area contributed by atoms with Crippen molar-refractivity contribution in [1.29, 1.82) is 0 Å². The van der Waals surface area contributed by atoms with Crippen LogP contribution >= 0.6 is 0 Å². The first-order valence-corrected chi connectivity index (χ1v) is 30.6. The highest BCUT2D eigenvalue weighted by atomic mass is 16.6. The second kappa shape index (κ2) is 63.3. The number of ether oxygens (including phenoxy) is 3. The van der Waals surface area contributed by atoms with Crippen LogP contribution < -0.4 is 0 Å². The number of allylic oxidation sites excluding steroid dienone is 27. The predicted molar refractivity (Wildman–Crippen MR) is 334 cm³/mol. The first-order chi connectivity index (χ1) is 38.0. The fraction of sp³-hybridized carbons (Fsp3) is 0.563. The van der Waals surface area contributed by atoms with E-state index in [2.05, 4.69) is 179 Å². The summed E-state index contributed by atoms with van der Waals surface area (Å²) in [6, 6.07) is 0. The van der Waals surface area contributed by atoms with E-state index in [0.717, 1.165) is 109 Å². The largest absolute Gasteiger partial charge is 0.462 e. The van der Waals surface area contributed by atoms with Gasteiger partial charge in [0.25, 0.3) is 0 Å². The van der Waals surface area contributed by atoms with Crippen LogP contribution in [0, 0.1) is 0 Å². The van der Waals surface area contributed by atoms with E-state index < -0.39 is 12.1 Å². The van der Waals surface area contributed by atoms with Crippen LogP contribution in [0.2, 0.25) is 0 Å². The molecule has 0 aliphatic rings. The minimum atomic E-state index is -0.854.